The van der Waals surface area contributed by atoms with Gasteiger partial charge in [0, 0.05) is 18.9 Å². The molecule has 0 saturated carbocycles. The molecule has 3 heterocycles. The molecule has 0 amide bonds. The Morgan fingerprint density at radius 1 is 1.32 bits per heavy atom. The summed E-state index contributed by atoms with van der Waals surface area (Å²) in [6, 6.07) is 6.22. The largest absolute Gasteiger partial charge is 0.465 e. The summed E-state index contributed by atoms with van der Waals surface area (Å²) in [4.78, 5) is 10.6. The van der Waals surface area contributed by atoms with E-state index >= 15 is 0 Å². The molecule has 0 aromatic carbocycles. The lowest BCUT2D eigenvalue weighted by Gasteiger charge is -2.26. The second-order valence-corrected chi connectivity index (χ2v) is 5.45. The van der Waals surface area contributed by atoms with E-state index in [1.54, 1.807) is 6.20 Å². The number of likely N-dealkylation sites (tertiary alicyclic amines) is 1. The van der Waals surface area contributed by atoms with Crippen molar-refractivity contribution in [2.24, 2.45) is 0 Å². The second kappa shape index (κ2) is 6.58. The molecule has 1 unspecified atom stereocenters. The molecule has 0 radical (unpaired) electrons. The van der Waals surface area contributed by atoms with Crippen molar-refractivity contribution in [1.82, 2.24) is 14.9 Å². The Labute approximate surface area is 129 Å². The molecule has 0 spiro atoms. The van der Waals surface area contributed by atoms with Crippen molar-refractivity contribution in [3.8, 4) is 6.07 Å². The minimum atomic E-state index is 0.143. The average molecular weight is 297 g/mol. The first-order chi connectivity index (χ1) is 10.8. The van der Waals surface area contributed by atoms with E-state index in [9.17, 15) is 0 Å². The van der Waals surface area contributed by atoms with Crippen LogP contribution in [0.5, 0.6) is 0 Å². The van der Waals surface area contributed by atoms with Gasteiger partial charge in [-0.15, -0.1) is 0 Å². The second-order valence-electron chi connectivity index (χ2n) is 5.45. The summed E-state index contributed by atoms with van der Waals surface area (Å²) in [6.07, 6.45) is 5.54. The predicted octanol–water partition coefficient (Wildman–Crippen LogP) is 2.50. The molecule has 2 aromatic heterocycles. The summed E-state index contributed by atoms with van der Waals surface area (Å²) >= 11 is 0. The van der Waals surface area contributed by atoms with E-state index < -0.39 is 0 Å². The molecule has 114 valence electrons. The van der Waals surface area contributed by atoms with E-state index in [4.69, 9.17) is 9.68 Å². The number of nitrogens with zero attached hydrogens (tertiary/aromatic N) is 4. The number of aryl methyl sites for hydroxylation is 1. The van der Waals surface area contributed by atoms with E-state index in [1.807, 2.05) is 19.1 Å². The lowest BCUT2D eigenvalue weighted by molar-refractivity contribution is 0.223. The van der Waals surface area contributed by atoms with Crippen LogP contribution in [0.3, 0.4) is 0 Å². The fraction of sp³-hybridized carbons (Fsp3) is 0.438. The summed E-state index contributed by atoms with van der Waals surface area (Å²) in [6.45, 7) is 4.73. The van der Waals surface area contributed by atoms with E-state index in [1.165, 1.54) is 19.0 Å². The van der Waals surface area contributed by atoms with Crippen molar-refractivity contribution < 1.29 is 4.42 Å². The van der Waals surface area contributed by atoms with Gasteiger partial charge in [-0.05, 0) is 45.0 Å². The minimum absolute atomic E-state index is 0.143. The molecule has 0 bridgehead atoms. The van der Waals surface area contributed by atoms with Crippen LogP contribution in [-0.4, -0.2) is 34.5 Å². The van der Waals surface area contributed by atoms with Crippen molar-refractivity contribution >= 4 is 5.82 Å². The fourth-order valence-corrected chi connectivity index (χ4v) is 2.84. The lowest BCUT2D eigenvalue weighted by atomic mass is 10.2. The average Bonchev–Trinajstić information content (AvgIpc) is 3.20. The Morgan fingerprint density at radius 3 is 2.77 bits per heavy atom. The highest BCUT2D eigenvalue weighted by Gasteiger charge is 2.26. The minimum Gasteiger partial charge on any atom is -0.465 e. The maximum Gasteiger partial charge on any atom is 0.182 e. The molecule has 22 heavy (non-hydrogen) atoms. The third kappa shape index (κ3) is 3.10. The van der Waals surface area contributed by atoms with Crippen molar-refractivity contribution in [2.45, 2.75) is 25.8 Å². The number of hydrogen-bond donors (Lipinski definition) is 1. The van der Waals surface area contributed by atoms with Gasteiger partial charge in [-0.25, -0.2) is 9.97 Å². The molecule has 1 atom stereocenters. The summed E-state index contributed by atoms with van der Waals surface area (Å²) in [5, 5.41) is 12.3. The quantitative estimate of drug-likeness (QED) is 0.913. The molecule has 6 nitrogen and oxygen atoms in total. The number of aromatic nitrogens is 2. The molecule has 3 rings (SSSR count). The van der Waals surface area contributed by atoms with Crippen molar-refractivity contribution in [3.63, 3.8) is 0 Å². The zero-order chi connectivity index (χ0) is 15.4. The van der Waals surface area contributed by atoms with E-state index in [0.29, 0.717) is 18.1 Å². The van der Waals surface area contributed by atoms with Gasteiger partial charge in [-0.2, -0.15) is 5.26 Å². The molecular weight excluding hydrogens is 278 g/mol. The van der Waals surface area contributed by atoms with Crippen LogP contribution in [0, 0.1) is 18.3 Å². The first-order valence-corrected chi connectivity index (χ1v) is 7.53. The molecule has 1 aliphatic rings. The number of nitrogens with one attached hydrogen (secondary N) is 1. The zero-order valence-corrected chi connectivity index (χ0v) is 12.6. The summed E-state index contributed by atoms with van der Waals surface area (Å²) in [7, 11) is 0. The zero-order valence-electron chi connectivity index (χ0n) is 12.6. The van der Waals surface area contributed by atoms with Crippen LogP contribution in [0.1, 0.15) is 36.1 Å². The summed E-state index contributed by atoms with van der Waals surface area (Å²) in [5.41, 5.74) is 0.318. The smallest absolute Gasteiger partial charge is 0.182 e. The van der Waals surface area contributed by atoms with Gasteiger partial charge in [-0.3, -0.25) is 4.90 Å². The van der Waals surface area contributed by atoms with Gasteiger partial charge < -0.3 is 9.73 Å². The first kappa shape index (κ1) is 14.5. The maximum atomic E-state index is 9.09. The number of rotatable bonds is 5. The first-order valence-electron chi connectivity index (χ1n) is 7.53. The Morgan fingerprint density at radius 2 is 2.09 bits per heavy atom. The predicted molar refractivity (Wildman–Crippen MR) is 82.2 cm³/mol. The van der Waals surface area contributed by atoms with Gasteiger partial charge >= 0.3 is 0 Å². The van der Waals surface area contributed by atoms with Gasteiger partial charge in [0.25, 0.3) is 0 Å². The van der Waals surface area contributed by atoms with Gasteiger partial charge in [-0.1, -0.05) is 0 Å². The highest BCUT2D eigenvalue weighted by molar-refractivity contribution is 5.46. The topological polar surface area (TPSA) is 78.0 Å². The van der Waals surface area contributed by atoms with Gasteiger partial charge in [0.2, 0.25) is 0 Å². The van der Waals surface area contributed by atoms with Gasteiger partial charge in [0.1, 0.15) is 17.6 Å². The fourth-order valence-electron chi connectivity index (χ4n) is 2.84. The molecule has 1 saturated heterocycles. The summed E-state index contributed by atoms with van der Waals surface area (Å²) in [5.74, 6) is 2.39. The molecule has 1 fully saturated rings. The van der Waals surface area contributed by atoms with Crippen molar-refractivity contribution in [3.05, 3.63) is 41.7 Å². The summed E-state index contributed by atoms with van der Waals surface area (Å²) < 4.78 is 5.82. The number of anilines is 1. The van der Waals surface area contributed by atoms with Crippen molar-refractivity contribution in [2.75, 3.05) is 25.0 Å². The molecule has 0 aliphatic carbocycles. The standard InChI is InChI=1S/C16H19N5O/c1-12-4-5-15(22-12)14(21-8-2-3-9-21)11-20-16-13(10-17)18-6-7-19-16/h4-7,14H,2-3,8-9,11H2,1H3,(H,19,20). The SMILES string of the molecule is Cc1ccc(C(CNc2nccnc2C#N)N2CCCC2)o1. The Balaban J connectivity index is 1.77. The number of hydrogen-bond acceptors (Lipinski definition) is 6. The van der Waals surface area contributed by atoms with Crippen LogP contribution >= 0.6 is 0 Å². The van der Waals surface area contributed by atoms with E-state index in [-0.39, 0.29) is 6.04 Å². The van der Waals surface area contributed by atoms with Crippen LogP contribution in [0.2, 0.25) is 0 Å². The van der Waals surface area contributed by atoms with E-state index in [2.05, 4.69) is 26.3 Å². The number of nitriles is 1. The number of furan rings is 1. The molecule has 2 aromatic rings. The Kier molecular flexibility index (Phi) is 4.35. The van der Waals surface area contributed by atoms with Crippen LogP contribution < -0.4 is 5.32 Å². The molecule has 1 aliphatic heterocycles. The molecule has 1 N–H and O–H groups in total. The van der Waals surface area contributed by atoms with Gasteiger partial charge in [0.05, 0.1) is 6.04 Å². The van der Waals surface area contributed by atoms with E-state index in [0.717, 1.165) is 24.6 Å². The monoisotopic (exact) mass is 297 g/mol. The molecular formula is C16H19N5O. The lowest BCUT2D eigenvalue weighted by Crippen LogP contribution is -2.31. The Hall–Kier alpha value is -2.39. The van der Waals surface area contributed by atoms with Gasteiger partial charge in [0.15, 0.2) is 11.5 Å². The van der Waals surface area contributed by atoms with Crippen LogP contribution in [0.25, 0.3) is 0 Å². The third-order valence-corrected chi connectivity index (χ3v) is 3.94. The van der Waals surface area contributed by atoms with Crippen LogP contribution in [0.4, 0.5) is 5.82 Å². The highest BCUT2D eigenvalue weighted by Crippen LogP contribution is 2.27. The van der Waals surface area contributed by atoms with Crippen LogP contribution in [0.15, 0.2) is 28.9 Å². The highest BCUT2D eigenvalue weighted by atomic mass is 16.3. The Bertz CT molecular complexity index is 669. The molecule has 6 heteroatoms. The van der Waals surface area contributed by atoms with Crippen LogP contribution in [-0.2, 0) is 0 Å². The third-order valence-electron chi connectivity index (χ3n) is 3.94. The normalized spacial score (nSPS) is 16.4. The maximum absolute atomic E-state index is 9.09. The van der Waals surface area contributed by atoms with Crippen molar-refractivity contribution in [1.29, 1.82) is 5.26 Å².